The number of anilines is 1. The summed E-state index contributed by atoms with van der Waals surface area (Å²) in [6.45, 7) is 0. The molecule has 8 heteroatoms. The van der Waals surface area contributed by atoms with E-state index >= 15 is 0 Å². The number of aryl methyl sites for hydroxylation is 1. The zero-order valence-corrected chi connectivity index (χ0v) is 17.3. The van der Waals surface area contributed by atoms with Gasteiger partial charge in [0.1, 0.15) is 0 Å². The molecule has 0 bridgehead atoms. The van der Waals surface area contributed by atoms with E-state index < -0.39 is 0 Å². The Morgan fingerprint density at radius 2 is 1.87 bits per heavy atom. The van der Waals surface area contributed by atoms with Gasteiger partial charge in [0.15, 0.2) is 11.0 Å². The van der Waals surface area contributed by atoms with Crippen molar-refractivity contribution in [2.24, 2.45) is 7.05 Å². The molecule has 7 nitrogen and oxygen atoms in total. The molecule has 3 aromatic heterocycles. The van der Waals surface area contributed by atoms with Crippen LogP contribution in [0.5, 0.6) is 0 Å². The van der Waals surface area contributed by atoms with E-state index in [4.69, 9.17) is 4.98 Å². The van der Waals surface area contributed by atoms with Gasteiger partial charge >= 0.3 is 0 Å². The van der Waals surface area contributed by atoms with Gasteiger partial charge in [0.05, 0.1) is 16.1 Å². The maximum absolute atomic E-state index is 13.1. The van der Waals surface area contributed by atoms with Crippen LogP contribution in [-0.2, 0) is 7.05 Å². The number of aromatic amines is 1. The summed E-state index contributed by atoms with van der Waals surface area (Å²) in [6, 6.07) is 18.3. The third kappa shape index (κ3) is 3.53. The number of carbonyl (C=O) groups excluding carboxylic acids is 1. The number of pyridine rings is 1. The van der Waals surface area contributed by atoms with Crippen LogP contribution in [0.15, 0.2) is 77.9 Å². The van der Waals surface area contributed by atoms with E-state index in [-0.39, 0.29) is 11.5 Å². The molecule has 5 aromatic rings. The van der Waals surface area contributed by atoms with Crippen molar-refractivity contribution in [1.29, 1.82) is 0 Å². The van der Waals surface area contributed by atoms with Crippen molar-refractivity contribution < 1.29 is 4.79 Å². The van der Waals surface area contributed by atoms with Crippen molar-refractivity contribution in [3.63, 3.8) is 0 Å². The summed E-state index contributed by atoms with van der Waals surface area (Å²) >= 11 is 1.35. The SMILES string of the molecule is Cn1ccnc1-c1sc(NC(=O)c2cc(=O)[nH]c3ccccc23)nc1-c1ccccc1. The molecule has 2 aromatic carbocycles. The Bertz CT molecular complexity index is 1470. The molecular formula is C23H17N5O2S. The molecule has 0 aliphatic heterocycles. The largest absolute Gasteiger partial charge is 0.333 e. The zero-order valence-electron chi connectivity index (χ0n) is 16.5. The normalized spacial score (nSPS) is 11.0. The first-order valence-corrected chi connectivity index (χ1v) is 10.4. The second-order valence-corrected chi connectivity index (χ2v) is 7.97. The number of nitrogens with one attached hydrogen (secondary N) is 2. The Labute approximate surface area is 181 Å². The number of hydrogen-bond acceptors (Lipinski definition) is 5. The lowest BCUT2D eigenvalue weighted by Crippen LogP contribution is -2.16. The van der Waals surface area contributed by atoms with Gasteiger partial charge in [0.2, 0.25) is 5.56 Å². The number of thiazole rings is 1. The minimum Gasteiger partial charge on any atom is -0.333 e. The molecule has 0 fully saturated rings. The summed E-state index contributed by atoms with van der Waals surface area (Å²) in [5.41, 5.74) is 2.25. The molecule has 0 aliphatic rings. The first-order chi connectivity index (χ1) is 15.1. The summed E-state index contributed by atoms with van der Waals surface area (Å²) in [5, 5.41) is 3.97. The van der Waals surface area contributed by atoms with E-state index in [0.29, 0.717) is 21.6 Å². The second-order valence-electron chi connectivity index (χ2n) is 6.97. The van der Waals surface area contributed by atoms with Crippen LogP contribution in [0.25, 0.3) is 32.9 Å². The molecule has 0 unspecified atom stereocenters. The Morgan fingerprint density at radius 3 is 2.65 bits per heavy atom. The average Bonchev–Trinajstić information content (AvgIpc) is 3.39. The highest BCUT2D eigenvalue weighted by Crippen LogP contribution is 2.38. The minimum absolute atomic E-state index is 0.300. The van der Waals surface area contributed by atoms with Crippen molar-refractivity contribution in [3.05, 3.63) is 89.0 Å². The third-order valence-electron chi connectivity index (χ3n) is 4.91. The van der Waals surface area contributed by atoms with Crippen LogP contribution in [0.4, 0.5) is 5.13 Å². The van der Waals surface area contributed by atoms with Crippen molar-refractivity contribution in [2.75, 3.05) is 5.32 Å². The maximum atomic E-state index is 13.1. The summed E-state index contributed by atoms with van der Waals surface area (Å²) in [5.74, 6) is 0.375. The summed E-state index contributed by atoms with van der Waals surface area (Å²) in [6.07, 6.45) is 3.59. The molecule has 152 valence electrons. The maximum Gasteiger partial charge on any atom is 0.258 e. The smallest absolute Gasteiger partial charge is 0.258 e. The van der Waals surface area contributed by atoms with Gasteiger partial charge in [0.25, 0.3) is 5.91 Å². The van der Waals surface area contributed by atoms with Crippen molar-refractivity contribution in [3.8, 4) is 22.0 Å². The van der Waals surface area contributed by atoms with Gasteiger partial charge in [0, 0.05) is 42.0 Å². The molecule has 0 saturated carbocycles. The molecule has 0 aliphatic carbocycles. The monoisotopic (exact) mass is 427 g/mol. The van der Waals surface area contributed by atoms with Crippen LogP contribution < -0.4 is 10.9 Å². The molecular weight excluding hydrogens is 410 g/mol. The predicted octanol–water partition coefficient (Wildman–Crippen LogP) is 4.30. The highest BCUT2D eigenvalue weighted by Gasteiger charge is 2.20. The van der Waals surface area contributed by atoms with Crippen molar-refractivity contribution in [2.45, 2.75) is 0 Å². The van der Waals surface area contributed by atoms with E-state index in [9.17, 15) is 9.59 Å². The fraction of sp³-hybridized carbons (Fsp3) is 0.0435. The van der Waals surface area contributed by atoms with Gasteiger partial charge in [-0.25, -0.2) is 9.97 Å². The lowest BCUT2D eigenvalue weighted by molar-refractivity contribution is 0.102. The van der Waals surface area contributed by atoms with E-state index in [2.05, 4.69) is 15.3 Å². The van der Waals surface area contributed by atoms with Crippen molar-refractivity contribution >= 4 is 33.3 Å². The molecule has 1 amide bonds. The average molecular weight is 427 g/mol. The van der Waals surface area contributed by atoms with Gasteiger partial charge in [-0.15, -0.1) is 0 Å². The first-order valence-electron chi connectivity index (χ1n) is 9.57. The van der Waals surface area contributed by atoms with E-state index in [0.717, 1.165) is 22.0 Å². The van der Waals surface area contributed by atoms with Crippen LogP contribution in [0.1, 0.15) is 10.4 Å². The van der Waals surface area contributed by atoms with Gasteiger partial charge in [-0.1, -0.05) is 59.9 Å². The number of para-hydroxylation sites is 1. The lowest BCUT2D eigenvalue weighted by atomic mass is 10.1. The minimum atomic E-state index is -0.387. The molecule has 0 atom stereocenters. The molecule has 0 radical (unpaired) electrons. The Balaban J connectivity index is 1.58. The third-order valence-corrected chi connectivity index (χ3v) is 5.88. The second kappa shape index (κ2) is 7.66. The first kappa shape index (κ1) is 19.0. The van der Waals surface area contributed by atoms with Crippen LogP contribution in [-0.4, -0.2) is 25.4 Å². The Hall–Kier alpha value is -4.04. The summed E-state index contributed by atoms with van der Waals surface area (Å²) in [4.78, 5) is 37.9. The summed E-state index contributed by atoms with van der Waals surface area (Å²) in [7, 11) is 1.91. The quantitative estimate of drug-likeness (QED) is 0.447. The summed E-state index contributed by atoms with van der Waals surface area (Å²) < 4.78 is 1.91. The molecule has 3 heterocycles. The number of amides is 1. The Morgan fingerprint density at radius 1 is 1.10 bits per heavy atom. The van der Waals surface area contributed by atoms with Crippen LogP contribution in [0, 0.1) is 0 Å². The number of hydrogen-bond donors (Lipinski definition) is 2. The van der Waals surface area contributed by atoms with Gasteiger partial charge in [-0.3, -0.25) is 14.9 Å². The van der Waals surface area contributed by atoms with Gasteiger partial charge in [-0.05, 0) is 6.07 Å². The Kier molecular flexibility index (Phi) is 4.68. The van der Waals surface area contributed by atoms with E-state index in [1.165, 1.54) is 17.4 Å². The van der Waals surface area contributed by atoms with Crippen LogP contribution in [0.2, 0.25) is 0 Å². The van der Waals surface area contributed by atoms with Gasteiger partial charge < -0.3 is 9.55 Å². The number of imidazole rings is 1. The fourth-order valence-corrected chi connectivity index (χ4v) is 4.48. The number of carbonyl (C=O) groups is 1. The molecule has 31 heavy (non-hydrogen) atoms. The number of benzene rings is 2. The van der Waals surface area contributed by atoms with Crippen LogP contribution >= 0.6 is 11.3 Å². The number of rotatable bonds is 4. The molecule has 5 rings (SSSR count). The molecule has 0 saturated heterocycles. The van der Waals surface area contributed by atoms with E-state index in [1.54, 1.807) is 18.3 Å². The number of aromatic nitrogens is 4. The highest BCUT2D eigenvalue weighted by molar-refractivity contribution is 7.19. The number of nitrogens with zero attached hydrogens (tertiary/aromatic N) is 3. The standard InChI is InChI=1S/C23H17N5O2S/c1-28-12-11-24-21(28)20-19(14-7-3-2-4-8-14)26-23(31-20)27-22(30)16-13-18(29)25-17-10-6-5-9-15(16)17/h2-13H,1H3,(H,25,29)(H,26,27,30). The molecule has 0 spiro atoms. The van der Waals surface area contributed by atoms with Gasteiger partial charge in [-0.2, -0.15) is 0 Å². The molecule has 2 N–H and O–H groups in total. The van der Waals surface area contributed by atoms with Crippen LogP contribution in [0.3, 0.4) is 0 Å². The number of fused-ring (bicyclic) bond motifs is 1. The lowest BCUT2D eigenvalue weighted by Gasteiger charge is -2.05. The highest BCUT2D eigenvalue weighted by atomic mass is 32.1. The number of H-pyrrole nitrogens is 1. The van der Waals surface area contributed by atoms with Crippen molar-refractivity contribution in [1.82, 2.24) is 19.5 Å². The fourth-order valence-electron chi connectivity index (χ4n) is 3.46. The topological polar surface area (TPSA) is 92.7 Å². The van der Waals surface area contributed by atoms with E-state index in [1.807, 2.05) is 60.3 Å². The zero-order chi connectivity index (χ0) is 21.4. The predicted molar refractivity (Wildman–Crippen MR) is 122 cm³/mol.